The van der Waals surface area contributed by atoms with Crippen LogP contribution in [0.2, 0.25) is 0 Å². The number of alkyl halides is 2. The van der Waals surface area contributed by atoms with E-state index in [1.807, 2.05) is 13.8 Å². The fraction of sp³-hybridized carbons (Fsp3) is 0.571. The number of aliphatic hydroxyl groups excluding tert-OH is 1. The molecule has 6 heteroatoms. The lowest BCUT2D eigenvalue weighted by atomic mass is 10.1. The number of methoxy groups -OCH3 is 1. The molecule has 0 saturated heterocycles. The predicted octanol–water partition coefficient (Wildman–Crippen LogP) is 2.40. The van der Waals surface area contributed by atoms with E-state index in [9.17, 15) is 13.9 Å². The van der Waals surface area contributed by atoms with Gasteiger partial charge in [0, 0.05) is 24.7 Å². The summed E-state index contributed by atoms with van der Waals surface area (Å²) in [7, 11) is 1.46. The molecule has 0 aliphatic heterocycles. The summed E-state index contributed by atoms with van der Waals surface area (Å²) in [5.41, 5.74) is 0.585. The normalized spacial score (nSPS) is 12.8. The molecule has 0 spiro atoms. The molecule has 0 fully saturated rings. The van der Waals surface area contributed by atoms with Crippen LogP contribution in [0.25, 0.3) is 0 Å². The van der Waals surface area contributed by atoms with E-state index in [0.29, 0.717) is 24.4 Å². The van der Waals surface area contributed by atoms with Gasteiger partial charge < -0.3 is 19.9 Å². The fourth-order valence-corrected chi connectivity index (χ4v) is 1.60. The van der Waals surface area contributed by atoms with Gasteiger partial charge in [-0.2, -0.15) is 8.78 Å². The van der Waals surface area contributed by atoms with Gasteiger partial charge in [-0.15, -0.1) is 0 Å². The average molecular weight is 289 g/mol. The molecule has 1 rings (SSSR count). The number of aliphatic hydroxyl groups is 1. The molecule has 1 aromatic rings. The fourth-order valence-electron chi connectivity index (χ4n) is 1.60. The van der Waals surface area contributed by atoms with Gasteiger partial charge >= 0.3 is 6.61 Å². The molecule has 2 N–H and O–H groups in total. The SMILES string of the molecule is COc1ccc(CNCC(O)C(C)C)c(OC(F)F)c1. The van der Waals surface area contributed by atoms with Crippen LogP contribution in [0.5, 0.6) is 11.5 Å². The highest BCUT2D eigenvalue weighted by Gasteiger charge is 2.12. The molecule has 0 radical (unpaired) electrons. The Balaban J connectivity index is 2.68. The Morgan fingerprint density at radius 3 is 2.55 bits per heavy atom. The molecule has 1 unspecified atom stereocenters. The molecule has 114 valence electrons. The minimum atomic E-state index is -2.89. The molecule has 0 heterocycles. The molecule has 0 saturated carbocycles. The van der Waals surface area contributed by atoms with E-state index in [1.165, 1.54) is 13.2 Å². The van der Waals surface area contributed by atoms with Gasteiger partial charge in [0.2, 0.25) is 0 Å². The lowest BCUT2D eigenvalue weighted by Crippen LogP contribution is -2.30. The Kier molecular flexibility index (Phi) is 6.67. The van der Waals surface area contributed by atoms with Crippen LogP contribution in [0, 0.1) is 5.92 Å². The molecule has 0 aliphatic rings. The molecule has 1 aromatic carbocycles. The van der Waals surface area contributed by atoms with Gasteiger partial charge in [-0.05, 0) is 12.0 Å². The van der Waals surface area contributed by atoms with E-state index in [0.717, 1.165) is 0 Å². The largest absolute Gasteiger partial charge is 0.497 e. The van der Waals surface area contributed by atoms with Crippen LogP contribution >= 0.6 is 0 Å². The number of hydrogen-bond acceptors (Lipinski definition) is 4. The molecular formula is C14H21F2NO3. The first-order valence-electron chi connectivity index (χ1n) is 6.44. The Labute approximate surface area is 117 Å². The summed E-state index contributed by atoms with van der Waals surface area (Å²) in [6.45, 7) is 1.64. The van der Waals surface area contributed by atoms with Crippen LogP contribution in [0.4, 0.5) is 8.78 Å². The Bertz CT molecular complexity index is 413. The minimum absolute atomic E-state index is 0.0749. The zero-order chi connectivity index (χ0) is 15.1. The van der Waals surface area contributed by atoms with Crippen LogP contribution < -0.4 is 14.8 Å². The van der Waals surface area contributed by atoms with Crippen LogP contribution in [0.1, 0.15) is 19.4 Å². The van der Waals surface area contributed by atoms with Crippen LogP contribution in [-0.4, -0.2) is 31.5 Å². The van der Waals surface area contributed by atoms with E-state index < -0.39 is 12.7 Å². The zero-order valence-electron chi connectivity index (χ0n) is 11.9. The van der Waals surface area contributed by atoms with Gasteiger partial charge in [0.1, 0.15) is 11.5 Å². The third-order valence-electron chi connectivity index (χ3n) is 2.93. The molecule has 0 bridgehead atoms. The summed E-state index contributed by atoms with van der Waals surface area (Å²) < 4.78 is 34.2. The number of rotatable bonds is 8. The van der Waals surface area contributed by atoms with E-state index in [2.05, 4.69) is 10.1 Å². The van der Waals surface area contributed by atoms with Crippen molar-refractivity contribution in [1.29, 1.82) is 0 Å². The number of benzene rings is 1. The highest BCUT2D eigenvalue weighted by molar-refractivity contribution is 5.40. The second-order valence-corrected chi connectivity index (χ2v) is 4.79. The van der Waals surface area contributed by atoms with Crippen LogP contribution in [0.15, 0.2) is 18.2 Å². The summed E-state index contributed by atoms with van der Waals surface area (Å²) in [5, 5.41) is 12.7. The summed E-state index contributed by atoms with van der Waals surface area (Å²) in [4.78, 5) is 0. The van der Waals surface area contributed by atoms with Crippen molar-refractivity contribution in [3.8, 4) is 11.5 Å². The van der Waals surface area contributed by atoms with Crippen molar-refractivity contribution in [1.82, 2.24) is 5.32 Å². The summed E-state index contributed by atoms with van der Waals surface area (Å²) in [5.74, 6) is 0.660. The smallest absolute Gasteiger partial charge is 0.387 e. The minimum Gasteiger partial charge on any atom is -0.497 e. The molecule has 0 aliphatic carbocycles. The second kappa shape index (κ2) is 8.01. The van der Waals surface area contributed by atoms with Crippen molar-refractivity contribution in [2.24, 2.45) is 5.92 Å². The molecule has 0 aromatic heterocycles. The molecule has 4 nitrogen and oxygen atoms in total. The highest BCUT2D eigenvalue weighted by atomic mass is 19.3. The van der Waals surface area contributed by atoms with E-state index in [-0.39, 0.29) is 11.7 Å². The van der Waals surface area contributed by atoms with Gasteiger partial charge in [-0.1, -0.05) is 19.9 Å². The Hall–Kier alpha value is -1.40. The number of halogens is 2. The van der Waals surface area contributed by atoms with E-state index >= 15 is 0 Å². The van der Waals surface area contributed by atoms with Gasteiger partial charge in [-0.25, -0.2) is 0 Å². The third kappa shape index (κ3) is 5.30. The van der Waals surface area contributed by atoms with E-state index in [1.54, 1.807) is 12.1 Å². The lowest BCUT2D eigenvalue weighted by Gasteiger charge is -2.16. The number of ether oxygens (including phenoxy) is 2. The maximum absolute atomic E-state index is 12.4. The predicted molar refractivity (Wildman–Crippen MR) is 72.2 cm³/mol. The topological polar surface area (TPSA) is 50.7 Å². The summed E-state index contributed by atoms with van der Waals surface area (Å²) in [6.07, 6.45) is -0.479. The molecule has 1 atom stereocenters. The molecule has 0 amide bonds. The van der Waals surface area contributed by atoms with Gasteiger partial charge in [-0.3, -0.25) is 0 Å². The third-order valence-corrected chi connectivity index (χ3v) is 2.93. The van der Waals surface area contributed by atoms with E-state index in [4.69, 9.17) is 4.74 Å². The first kappa shape index (κ1) is 16.7. The van der Waals surface area contributed by atoms with Gasteiger partial charge in [0.05, 0.1) is 13.2 Å². The molecular weight excluding hydrogens is 268 g/mol. The van der Waals surface area contributed by atoms with Crippen molar-refractivity contribution >= 4 is 0 Å². The monoisotopic (exact) mass is 289 g/mol. The van der Waals surface area contributed by atoms with Crippen molar-refractivity contribution in [3.05, 3.63) is 23.8 Å². The van der Waals surface area contributed by atoms with Gasteiger partial charge in [0.15, 0.2) is 0 Å². The summed E-state index contributed by atoms with van der Waals surface area (Å²) >= 11 is 0. The lowest BCUT2D eigenvalue weighted by molar-refractivity contribution is -0.0506. The Morgan fingerprint density at radius 1 is 1.30 bits per heavy atom. The van der Waals surface area contributed by atoms with Crippen molar-refractivity contribution in [2.45, 2.75) is 33.1 Å². The number of nitrogens with one attached hydrogen (secondary N) is 1. The first-order chi connectivity index (χ1) is 9.43. The van der Waals surface area contributed by atoms with Gasteiger partial charge in [0.25, 0.3) is 0 Å². The second-order valence-electron chi connectivity index (χ2n) is 4.79. The standard InChI is InChI=1S/C14H21F2NO3/c1-9(2)12(18)8-17-7-10-4-5-11(19-3)6-13(10)20-14(15)16/h4-6,9,12,14,17-18H,7-8H2,1-3H3. The maximum atomic E-state index is 12.4. The average Bonchev–Trinajstić information content (AvgIpc) is 2.39. The first-order valence-corrected chi connectivity index (χ1v) is 6.44. The van der Waals surface area contributed by atoms with Crippen molar-refractivity contribution in [3.63, 3.8) is 0 Å². The van der Waals surface area contributed by atoms with Crippen molar-refractivity contribution in [2.75, 3.05) is 13.7 Å². The van der Waals surface area contributed by atoms with Crippen LogP contribution in [0.3, 0.4) is 0 Å². The van der Waals surface area contributed by atoms with Crippen molar-refractivity contribution < 1.29 is 23.4 Å². The zero-order valence-corrected chi connectivity index (χ0v) is 11.9. The quantitative estimate of drug-likeness (QED) is 0.771. The highest BCUT2D eigenvalue weighted by Crippen LogP contribution is 2.26. The number of hydrogen-bond donors (Lipinski definition) is 2. The molecule has 20 heavy (non-hydrogen) atoms. The Morgan fingerprint density at radius 2 is 2.00 bits per heavy atom. The summed E-state index contributed by atoms with van der Waals surface area (Å²) in [6, 6.07) is 4.75. The maximum Gasteiger partial charge on any atom is 0.387 e. The van der Waals surface area contributed by atoms with Crippen LogP contribution in [-0.2, 0) is 6.54 Å².